The van der Waals surface area contributed by atoms with E-state index in [1.54, 1.807) is 12.1 Å². The van der Waals surface area contributed by atoms with Crippen LogP contribution in [0.15, 0.2) is 61.1 Å². The summed E-state index contributed by atoms with van der Waals surface area (Å²) >= 11 is 4.73. The first-order chi connectivity index (χ1) is 15.7. The highest BCUT2D eigenvalue weighted by atomic mass is 35.5. The molecule has 1 amide bonds. The summed E-state index contributed by atoms with van der Waals surface area (Å²) in [5.74, 6) is -0.731. The van der Waals surface area contributed by atoms with Crippen molar-refractivity contribution in [1.82, 2.24) is 19.7 Å². The lowest BCUT2D eigenvalue weighted by molar-refractivity contribution is -0.0964. The highest BCUT2D eigenvalue weighted by Gasteiger charge is 2.27. The van der Waals surface area contributed by atoms with Crippen molar-refractivity contribution in [2.24, 2.45) is 0 Å². The number of aromatic nitrogens is 4. The van der Waals surface area contributed by atoms with Gasteiger partial charge in [0.2, 0.25) is 0 Å². The maximum Gasteiger partial charge on any atom is 0.487 e. The predicted molar refractivity (Wildman–Crippen MR) is 113 cm³/mol. The van der Waals surface area contributed by atoms with Crippen LogP contribution in [-0.4, -0.2) is 37.6 Å². The minimum atomic E-state index is -3.86. The Balaban J connectivity index is 1.67. The Hall–Kier alpha value is -3.73. The second-order valence-corrected chi connectivity index (χ2v) is 7.25. The van der Waals surface area contributed by atoms with E-state index in [0.29, 0.717) is 28.0 Å². The normalized spacial score (nSPS) is 11.7. The van der Waals surface area contributed by atoms with Gasteiger partial charge in [-0.15, -0.1) is 8.78 Å². The van der Waals surface area contributed by atoms with Crippen LogP contribution in [0.1, 0.15) is 10.4 Å². The Morgan fingerprint density at radius 2 is 1.94 bits per heavy atom. The van der Waals surface area contributed by atoms with E-state index in [2.05, 4.69) is 25.2 Å². The van der Waals surface area contributed by atoms with Crippen molar-refractivity contribution in [2.45, 2.75) is 18.5 Å². The largest absolute Gasteiger partial charge is 0.487 e. The number of hydrogen-bond donors (Lipinski definition) is 1. The number of anilines is 1. The molecule has 0 aliphatic carbocycles. The average molecular weight is 480 g/mol. The minimum Gasteiger partial charge on any atom is -0.420 e. The molecular weight excluding hydrogens is 466 g/mol. The highest BCUT2D eigenvalue weighted by molar-refractivity contribution is 6.20. The van der Waals surface area contributed by atoms with Gasteiger partial charge in [-0.3, -0.25) is 4.79 Å². The van der Waals surface area contributed by atoms with Gasteiger partial charge in [0, 0.05) is 34.6 Å². The van der Waals surface area contributed by atoms with Gasteiger partial charge < -0.3 is 14.6 Å². The van der Waals surface area contributed by atoms with Gasteiger partial charge in [-0.05, 0) is 48.5 Å². The number of fused-ring (bicyclic) bond motifs is 1. The number of amides is 1. The number of imidazole rings is 1. The van der Waals surface area contributed by atoms with Crippen molar-refractivity contribution >= 4 is 34.2 Å². The molecule has 0 aliphatic rings. The summed E-state index contributed by atoms with van der Waals surface area (Å²) in [5.41, 5.74) is -1.90. The molecule has 4 aromatic rings. The summed E-state index contributed by atoms with van der Waals surface area (Å²) in [4.78, 5) is 17.0. The molecule has 0 spiro atoms. The number of carbonyl (C=O) groups is 1. The van der Waals surface area contributed by atoms with Gasteiger partial charge in [0.25, 0.3) is 12.3 Å². The Labute approximate surface area is 189 Å². The third kappa shape index (κ3) is 5.37. The van der Waals surface area contributed by atoms with Crippen LogP contribution in [0.3, 0.4) is 0 Å². The van der Waals surface area contributed by atoms with Crippen molar-refractivity contribution < 1.29 is 27.1 Å². The van der Waals surface area contributed by atoms with E-state index in [9.17, 15) is 22.4 Å². The second-order valence-electron chi connectivity index (χ2n) is 6.81. The topological polar surface area (TPSA) is 81.9 Å². The molecule has 0 saturated heterocycles. The molecule has 2 aromatic heterocycles. The SMILES string of the molecule is O=C(Nc1ccc(OC(F)(F)Cl)cc1)c1cc(-c2cccnn2)c2c(c1)ncn2CC(F)F. The number of hydrogen-bond acceptors (Lipinski definition) is 5. The highest BCUT2D eigenvalue weighted by Crippen LogP contribution is 2.30. The van der Waals surface area contributed by atoms with Gasteiger partial charge in [-0.25, -0.2) is 13.8 Å². The summed E-state index contributed by atoms with van der Waals surface area (Å²) in [5, 5.41) is 10.5. The third-order valence-electron chi connectivity index (χ3n) is 4.50. The summed E-state index contributed by atoms with van der Waals surface area (Å²) in [6.45, 7) is -0.578. The lowest BCUT2D eigenvalue weighted by Gasteiger charge is -2.12. The number of nitrogens with one attached hydrogen (secondary N) is 1. The third-order valence-corrected chi connectivity index (χ3v) is 4.58. The molecule has 170 valence electrons. The molecule has 2 heterocycles. The number of benzene rings is 2. The van der Waals surface area contributed by atoms with Crippen LogP contribution in [0.5, 0.6) is 5.75 Å². The zero-order valence-corrected chi connectivity index (χ0v) is 17.3. The Kier molecular flexibility index (Phi) is 6.14. The standard InChI is InChI=1S/C21H14ClF4N5O2/c22-21(25,26)33-14-5-3-13(4-6-14)29-20(32)12-8-15(16-2-1-7-28-30-16)19-17(9-12)27-11-31(19)10-18(23)24/h1-9,11,18H,10H2,(H,29,32). The van der Waals surface area contributed by atoms with Gasteiger partial charge >= 0.3 is 5.57 Å². The van der Waals surface area contributed by atoms with E-state index >= 15 is 0 Å². The fraction of sp³-hybridized carbons (Fsp3) is 0.143. The fourth-order valence-corrected chi connectivity index (χ4v) is 3.30. The van der Waals surface area contributed by atoms with Crippen molar-refractivity contribution in [2.75, 3.05) is 5.32 Å². The maximum atomic E-state index is 13.0. The first-order valence-corrected chi connectivity index (χ1v) is 9.80. The summed E-state index contributed by atoms with van der Waals surface area (Å²) in [7, 11) is 0. The molecule has 0 fully saturated rings. The van der Waals surface area contributed by atoms with Crippen LogP contribution in [0.4, 0.5) is 23.2 Å². The number of alkyl halides is 5. The Morgan fingerprint density at radius 1 is 1.18 bits per heavy atom. The number of ether oxygens (including phenoxy) is 1. The van der Waals surface area contributed by atoms with Crippen LogP contribution in [0.2, 0.25) is 0 Å². The monoisotopic (exact) mass is 479 g/mol. The molecular formula is C21H14ClF4N5O2. The van der Waals surface area contributed by atoms with E-state index in [4.69, 9.17) is 11.6 Å². The average Bonchev–Trinajstić information content (AvgIpc) is 3.16. The van der Waals surface area contributed by atoms with E-state index in [0.717, 1.165) is 0 Å². The quantitative estimate of drug-likeness (QED) is 0.292. The zero-order valence-electron chi connectivity index (χ0n) is 16.6. The summed E-state index contributed by atoms with van der Waals surface area (Å²) in [6.07, 6.45) is 0.121. The minimum absolute atomic E-state index is 0.179. The smallest absolute Gasteiger partial charge is 0.420 e. The predicted octanol–water partition coefficient (Wildman–Crippen LogP) is 5.18. The second kappa shape index (κ2) is 9.02. The molecule has 0 radical (unpaired) electrons. The molecule has 0 atom stereocenters. The van der Waals surface area contributed by atoms with Crippen LogP contribution in [0, 0.1) is 0 Å². The molecule has 0 saturated carbocycles. The van der Waals surface area contributed by atoms with Gasteiger partial charge in [0.05, 0.1) is 29.6 Å². The van der Waals surface area contributed by atoms with Crippen LogP contribution in [0.25, 0.3) is 22.3 Å². The maximum absolute atomic E-state index is 13.0. The molecule has 4 rings (SSSR count). The van der Waals surface area contributed by atoms with Gasteiger partial charge in [0.15, 0.2) is 0 Å². The lowest BCUT2D eigenvalue weighted by Crippen LogP contribution is -2.16. The van der Waals surface area contributed by atoms with Gasteiger partial charge in [-0.2, -0.15) is 10.2 Å². The zero-order chi connectivity index (χ0) is 23.6. The number of halogens is 5. The number of rotatable bonds is 7. The summed E-state index contributed by atoms with van der Waals surface area (Å²) < 4.78 is 57.0. The van der Waals surface area contributed by atoms with Crippen LogP contribution in [-0.2, 0) is 6.54 Å². The molecule has 1 N–H and O–H groups in total. The van der Waals surface area contributed by atoms with E-state index < -0.39 is 24.4 Å². The summed E-state index contributed by atoms with van der Waals surface area (Å²) in [6, 6.07) is 11.4. The van der Waals surface area contributed by atoms with E-state index in [-0.39, 0.29) is 11.3 Å². The first-order valence-electron chi connectivity index (χ1n) is 9.42. The molecule has 2 aromatic carbocycles. The van der Waals surface area contributed by atoms with Gasteiger partial charge in [0.1, 0.15) is 5.75 Å². The van der Waals surface area contributed by atoms with Crippen LogP contribution < -0.4 is 10.1 Å². The molecule has 0 unspecified atom stereocenters. The number of nitrogens with zero attached hydrogens (tertiary/aromatic N) is 4. The molecule has 7 nitrogen and oxygen atoms in total. The van der Waals surface area contributed by atoms with Crippen molar-refractivity contribution in [1.29, 1.82) is 0 Å². The van der Waals surface area contributed by atoms with E-state index in [1.807, 2.05) is 0 Å². The number of carbonyl (C=O) groups excluding carboxylic acids is 1. The van der Waals surface area contributed by atoms with E-state index in [1.165, 1.54) is 53.5 Å². The molecule has 0 bridgehead atoms. The van der Waals surface area contributed by atoms with Crippen molar-refractivity contribution in [3.05, 3.63) is 66.6 Å². The Bertz CT molecular complexity index is 1280. The molecule has 0 aliphatic heterocycles. The Morgan fingerprint density at radius 3 is 2.58 bits per heavy atom. The molecule has 12 heteroatoms. The molecule has 33 heavy (non-hydrogen) atoms. The van der Waals surface area contributed by atoms with Crippen LogP contribution >= 0.6 is 11.6 Å². The first kappa shape index (κ1) is 22.5. The van der Waals surface area contributed by atoms with Crippen molar-refractivity contribution in [3.8, 4) is 17.0 Å². The van der Waals surface area contributed by atoms with Crippen molar-refractivity contribution in [3.63, 3.8) is 0 Å². The van der Waals surface area contributed by atoms with Gasteiger partial charge in [-0.1, -0.05) is 0 Å². The fourth-order valence-electron chi connectivity index (χ4n) is 3.21. The lowest BCUT2D eigenvalue weighted by atomic mass is 10.0.